The molecule has 0 aliphatic carbocycles. The van der Waals surface area contributed by atoms with E-state index in [1.165, 1.54) is 10.5 Å². The monoisotopic (exact) mass is 448 g/mol. The quantitative estimate of drug-likeness (QED) is 0.282. The fourth-order valence-corrected chi connectivity index (χ4v) is 4.39. The number of rotatable bonds is 14. The molecule has 2 aromatic rings. The molecule has 0 bridgehead atoms. The van der Waals surface area contributed by atoms with Crippen molar-refractivity contribution in [1.29, 1.82) is 0 Å². The number of fused-ring (bicyclic) bond motifs is 1. The van der Waals surface area contributed by atoms with E-state index in [1.807, 2.05) is 18.2 Å². The zero-order valence-corrected chi connectivity index (χ0v) is 19.7. The molecule has 5 heteroatoms. The molecule has 5 nitrogen and oxygen atoms in total. The summed E-state index contributed by atoms with van der Waals surface area (Å²) >= 11 is 0. The minimum atomic E-state index is -0.172. The Bertz CT molecular complexity index is 891. The summed E-state index contributed by atoms with van der Waals surface area (Å²) in [6.07, 6.45) is 9.57. The standard InChI is InChI=1S/C28H36N2O3/c1-2-3-19-25(22-15-9-8-10-16-22)29-26(31)20-11-6-4-5-7-14-21-30-27(32)23-17-12-13-18-24(23)28(30)33/h8-10,12-13,15-18,25H,2-7,11,14,19-21H2,1H3,(H,29,31). The van der Waals surface area contributed by atoms with Crippen molar-refractivity contribution in [3.63, 3.8) is 0 Å². The van der Waals surface area contributed by atoms with Crippen LogP contribution >= 0.6 is 0 Å². The Hall–Kier alpha value is -2.95. The Kier molecular flexibility index (Phi) is 9.67. The summed E-state index contributed by atoms with van der Waals surface area (Å²) in [5.74, 6) is -0.214. The number of hydrogen-bond donors (Lipinski definition) is 1. The predicted molar refractivity (Wildman–Crippen MR) is 131 cm³/mol. The Balaban J connectivity index is 1.27. The number of carbonyl (C=O) groups excluding carboxylic acids is 3. The van der Waals surface area contributed by atoms with Crippen LogP contribution in [0.5, 0.6) is 0 Å². The van der Waals surface area contributed by atoms with Crippen LogP contribution in [-0.2, 0) is 4.79 Å². The molecule has 0 saturated heterocycles. The Labute approximate surface area is 197 Å². The topological polar surface area (TPSA) is 66.5 Å². The lowest BCUT2D eigenvalue weighted by molar-refractivity contribution is -0.122. The van der Waals surface area contributed by atoms with Gasteiger partial charge in [0.1, 0.15) is 0 Å². The third kappa shape index (κ3) is 7.01. The van der Waals surface area contributed by atoms with E-state index in [1.54, 1.807) is 24.3 Å². The van der Waals surface area contributed by atoms with Crippen LogP contribution in [0.4, 0.5) is 0 Å². The number of unbranched alkanes of at least 4 members (excludes halogenated alkanes) is 6. The summed E-state index contributed by atoms with van der Waals surface area (Å²) in [5.41, 5.74) is 2.22. The van der Waals surface area contributed by atoms with E-state index in [2.05, 4.69) is 24.4 Å². The molecule has 1 aliphatic heterocycles. The van der Waals surface area contributed by atoms with Crippen molar-refractivity contribution in [3.8, 4) is 0 Å². The molecular formula is C28H36N2O3. The van der Waals surface area contributed by atoms with E-state index in [0.717, 1.165) is 57.8 Å². The normalized spacial score (nSPS) is 13.8. The number of nitrogens with one attached hydrogen (secondary N) is 1. The lowest BCUT2D eigenvalue weighted by atomic mass is 10.0. The van der Waals surface area contributed by atoms with Crippen LogP contribution in [0.15, 0.2) is 54.6 Å². The van der Waals surface area contributed by atoms with Gasteiger partial charge in [-0.25, -0.2) is 0 Å². The number of carbonyl (C=O) groups is 3. The molecule has 0 spiro atoms. The van der Waals surface area contributed by atoms with Crippen molar-refractivity contribution in [3.05, 3.63) is 71.3 Å². The zero-order chi connectivity index (χ0) is 23.5. The van der Waals surface area contributed by atoms with Gasteiger partial charge in [0.25, 0.3) is 11.8 Å². The van der Waals surface area contributed by atoms with Gasteiger partial charge in [-0.15, -0.1) is 0 Å². The Morgan fingerprint density at radius 3 is 2.00 bits per heavy atom. The smallest absolute Gasteiger partial charge is 0.261 e. The fourth-order valence-electron chi connectivity index (χ4n) is 4.39. The van der Waals surface area contributed by atoms with Crippen molar-refractivity contribution in [2.24, 2.45) is 0 Å². The molecule has 0 saturated carbocycles. The van der Waals surface area contributed by atoms with E-state index in [-0.39, 0.29) is 23.8 Å². The minimum absolute atomic E-state index is 0.0980. The maximum absolute atomic E-state index is 12.4. The van der Waals surface area contributed by atoms with Crippen LogP contribution in [0, 0.1) is 0 Å². The van der Waals surface area contributed by atoms with Gasteiger partial charge in [0, 0.05) is 13.0 Å². The average molecular weight is 449 g/mol. The zero-order valence-electron chi connectivity index (χ0n) is 19.7. The van der Waals surface area contributed by atoms with Gasteiger partial charge >= 0.3 is 0 Å². The lowest BCUT2D eigenvalue weighted by Gasteiger charge is -2.19. The first-order chi connectivity index (χ1) is 16.1. The molecule has 0 fully saturated rings. The molecule has 1 atom stereocenters. The summed E-state index contributed by atoms with van der Waals surface area (Å²) in [5, 5.41) is 3.22. The Morgan fingerprint density at radius 1 is 0.788 bits per heavy atom. The van der Waals surface area contributed by atoms with E-state index in [9.17, 15) is 14.4 Å². The second-order valence-corrected chi connectivity index (χ2v) is 8.85. The summed E-state index contributed by atoms with van der Waals surface area (Å²) < 4.78 is 0. The number of amides is 3. The average Bonchev–Trinajstić information content (AvgIpc) is 3.08. The van der Waals surface area contributed by atoms with Crippen LogP contribution in [0.25, 0.3) is 0 Å². The second-order valence-electron chi connectivity index (χ2n) is 8.85. The molecule has 1 unspecified atom stereocenters. The van der Waals surface area contributed by atoms with Crippen molar-refractivity contribution in [2.45, 2.75) is 77.2 Å². The number of imide groups is 1. The van der Waals surface area contributed by atoms with Crippen LogP contribution in [-0.4, -0.2) is 29.2 Å². The first-order valence-corrected chi connectivity index (χ1v) is 12.4. The highest BCUT2D eigenvalue weighted by molar-refractivity contribution is 6.21. The third-order valence-electron chi connectivity index (χ3n) is 6.30. The van der Waals surface area contributed by atoms with E-state index >= 15 is 0 Å². The summed E-state index contributed by atoms with van der Waals surface area (Å²) in [4.78, 5) is 38.6. The molecule has 1 aliphatic rings. The molecule has 3 rings (SSSR count). The minimum Gasteiger partial charge on any atom is -0.349 e. The summed E-state index contributed by atoms with van der Waals surface area (Å²) in [6.45, 7) is 2.65. The summed E-state index contributed by atoms with van der Waals surface area (Å²) in [6, 6.07) is 17.3. The molecule has 2 aromatic carbocycles. The lowest BCUT2D eigenvalue weighted by Crippen LogP contribution is -2.30. The van der Waals surface area contributed by atoms with Crippen molar-refractivity contribution in [2.75, 3.05) is 6.54 Å². The molecule has 1 N–H and O–H groups in total. The third-order valence-corrected chi connectivity index (χ3v) is 6.30. The van der Waals surface area contributed by atoms with Gasteiger partial charge in [-0.2, -0.15) is 0 Å². The van der Waals surface area contributed by atoms with E-state index in [4.69, 9.17) is 0 Å². The molecule has 176 valence electrons. The van der Waals surface area contributed by atoms with Gasteiger partial charge < -0.3 is 5.32 Å². The van der Waals surface area contributed by atoms with Gasteiger partial charge in [-0.05, 0) is 37.0 Å². The number of nitrogens with zero attached hydrogens (tertiary/aromatic N) is 1. The van der Waals surface area contributed by atoms with Gasteiger partial charge in [-0.3, -0.25) is 19.3 Å². The van der Waals surface area contributed by atoms with Gasteiger partial charge in [0.2, 0.25) is 5.91 Å². The van der Waals surface area contributed by atoms with E-state index < -0.39 is 0 Å². The first kappa shape index (κ1) is 24.7. The van der Waals surface area contributed by atoms with Gasteiger partial charge in [0.15, 0.2) is 0 Å². The molecule has 1 heterocycles. The van der Waals surface area contributed by atoms with Crippen molar-refractivity contribution < 1.29 is 14.4 Å². The highest BCUT2D eigenvalue weighted by Gasteiger charge is 2.34. The van der Waals surface area contributed by atoms with Crippen molar-refractivity contribution in [1.82, 2.24) is 10.2 Å². The van der Waals surface area contributed by atoms with Crippen LogP contribution in [0.3, 0.4) is 0 Å². The highest BCUT2D eigenvalue weighted by Crippen LogP contribution is 2.23. The molecular weight excluding hydrogens is 412 g/mol. The summed E-state index contributed by atoms with van der Waals surface area (Å²) in [7, 11) is 0. The molecule has 0 radical (unpaired) electrons. The molecule has 33 heavy (non-hydrogen) atoms. The van der Waals surface area contributed by atoms with Crippen LogP contribution in [0.1, 0.15) is 103 Å². The Morgan fingerprint density at radius 2 is 1.36 bits per heavy atom. The fraction of sp³-hybridized carbons (Fsp3) is 0.464. The van der Waals surface area contributed by atoms with Gasteiger partial charge in [0.05, 0.1) is 17.2 Å². The van der Waals surface area contributed by atoms with Crippen LogP contribution < -0.4 is 5.32 Å². The molecule has 0 aromatic heterocycles. The largest absolute Gasteiger partial charge is 0.349 e. The molecule has 3 amide bonds. The SMILES string of the molecule is CCCCC(NC(=O)CCCCCCCCN1C(=O)c2ccccc2C1=O)c1ccccc1. The van der Waals surface area contributed by atoms with Crippen molar-refractivity contribution >= 4 is 17.7 Å². The highest BCUT2D eigenvalue weighted by atomic mass is 16.2. The number of benzene rings is 2. The number of hydrogen-bond acceptors (Lipinski definition) is 3. The maximum atomic E-state index is 12.4. The van der Waals surface area contributed by atoms with E-state index in [0.29, 0.717) is 24.1 Å². The predicted octanol–water partition coefficient (Wildman–Crippen LogP) is 6.06. The van der Waals surface area contributed by atoms with Crippen LogP contribution in [0.2, 0.25) is 0 Å². The maximum Gasteiger partial charge on any atom is 0.261 e. The second kappa shape index (κ2) is 12.9. The first-order valence-electron chi connectivity index (χ1n) is 12.4. The van der Waals surface area contributed by atoms with Gasteiger partial charge in [-0.1, -0.05) is 87.9 Å².